The van der Waals surface area contributed by atoms with E-state index < -0.39 is 0 Å². The maximum Gasteiger partial charge on any atom is 0.0602 e. The maximum absolute atomic E-state index is 9.77. The van der Waals surface area contributed by atoms with Crippen LogP contribution >= 0.6 is 0 Å². The quantitative estimate of drug-likeness (QED) is 0.794. The van der Waals surface area contributed by atoms with E-state index in [4.69, 9.17) is 5.73 Å². The summed E-state index contributed by atoms with van der Waals surface area (Å²) in [6.07, 6.45) is 6.54. The highest BCUT2D eigenvalue weighted by Crippen LogP contribution is 2.28. The minimum Gasteiger partial charge on any atom is -0.395 e. The topological polar surface area (TPSA) is 49.5 Å². The van der Waals surface area contributed by atoms with Gasteiger partial charge in [-0.15, -0.1) is 0 Å². The first-order chi connectivity index (χ1) is 8.41. The highest BCUT2D eigenvalue weighted by Gasteiger charge is 2.35. The molecule has 1 fully saturated rings. The van der Waals surface area contributed by atoms with Crippen molar-refractivity contribution in [3.63, 3.8) is 0 Å². The average Bonchev–Trinajstić information content (AvgIpc) is 2.35. The fraction of sp³-hybridized carbons (Fsp3) is 1.00. The standard InChI is InChI=1S/C15H32N2O/c1-5-17(12-9-7-6-8-10-12)13(11-18)14(16)15(2,3)4/h12-14,18H,5-11,16H2,1-4H3. The van der Waals surface area contributed by atoms with E-state index in [1.165, 1.54) is 32.1 Å². The minimum atomic E-state index is 0.0179. The van der Waals surface area contributed by atoms with Crippen molar-refractivity contribution >= 4 is 0 Å². The van der Waals surface area contributed by atoms with Crippen LogP contribution in [0.1, 0.15) is 59.8 Å². The lowest BCUT2D eigenvalue weighted by Gasteiger charge is -2.44. The van der Waals surface area contributed by atoms with Crippen LogP contribution in [-0.2, 0) is 0 Å². The van der Waals surface area contributed by atoms with Gasteiger partial charge in [-0.3, -0.25) is 4.90 Å². The van der Waals surface area contributed by atoms with Gasteiger partial charge in [0, 0.05) is 18.1 Å². The molecule has 108 valence electrons. The third kappa shape index (κ3) is 3.94. The summed E-state index contributed by atoms with van der Waals surface area (Å²) in [6.45, 7) is 9.83. The molecule has 2 unspecified atom stereocenters. The number of likely N-dealkylation sites (N-methyl/N-ethyl adjacent to an activating group) is 1. The minimum absolute atomic E-state index is 0.0179. The van der Waals surface area contributed by atoms with Gasteiger partial charge in [0.25, 0.3) is 0 Å². The second-order valence-electron chi connectivity index (χ2n) is 6.76. The molecule has 1 saturated carbocycles. The molecule has 3 N–H and O–H groups in total. The fourth-order valence-electron chi connectivity index (χ4n) is 3.18. The van der Waals surface area contributed by atoms with Crippen LogP contribution in [0.5, 0.6) is 0 Å². The van der Waals surface area contributed by atoms with Gasteiger partial charge in [-0.25, -0.2) is 0 Å². The van der Waals surface area contributed by atoms with Gasteiger partial charge in [-0.05, 0) is 24.8 Å². The highest BCUT2D eigenvalue weighted by molar-refractivity contribution is 4.92. The van der Waals surface area contributed by atoms with E-state index in [0.29, 0.717) is 6.04 Å². The molecule has 1 rings (SSSR count). The van der Waals surface area contributed by atoms with Crippen LogP contribution in [0, 0.1) is 5.41 Å². The molecule has 0 aromatic carbocycles. The molecule has 2 atom stereocenters. The van der Waals surface area contributed by atoms with Crippen LogP contribution in [0.15, 0.2) is 0 Å². The lowest BCUT2D eigenvalue weighted by Crippen LogP contribution is -2.58. The number of aliphatic hydroxyl groups excluding tert-OH is 1. The van der Waals surface area contributed by atoms with Crippen LogP contribution < -0.4 is 5.73 Å². The van der Waals surface area contributed by atoms with Crippen LogP contribution in [0.25, 0.3) is 0 Å². The Kier molecular flexibility index (Phi) is 6.09. The summed E-state index contributed by atoms with van der Waals surface area (Å²) >= 11 is 0. The number of rotatable bonds is 5. The second kappa shape index (κ2) is 6.88. The summed E-state index contributed by atoms with van der Waals surface area (Å²) in [5, 5.41) is 9.77. The first kappa shape index (κ1) is 15.9. The molecule has 1 aliphatic rings. The Morgan fingerprint density at radius 2 is 1.78 bits per heavy atom. The molecule has 0 amide bonds. The Morgan fingerprint density at radius 1 is 1.22 bits per heavy atom. The number of aliphatic hydroxyl groups is 1. The molecule has 0 saturated heterocycles. The van der Waals surface area contributed by atoms with Crippen LogP contribution in [0.2, 0.25) is 0 Å². The molecular formula is C15H32N2O. The number of hydrogen-bond acceptors (Lipinski definition) is 3. The van der Waals surface area contributed by atoms with Crippen molar-refractivity contribution in [2.75, 3.05) is 13.2 Å². The maximum atomic E-state index is 9.77. The lowest BCUT2D eigenvalue weighted by molar-refractivity contribution is 0.0316. The van der Waals surface area contributed by atoms with E-state index in [-0.39, 0.29) is 24.1 Å². The highest BCUT2D eigenvalue weighted by atomic mass is 16.3. The average molecular weight is 256 g/mol. The van der Waals surface area contributed by atoms with Crippen molar-refractivity contribution in [3.8, 4) is 0 Å². The molecule has 0 aromatic rings. The van der Waals surface area contributed by atoms with Gasteiger partial charge in [0.1, 0.15) is 0 Å². The van der Waals surface area contributed by atoms with Gasteiger partial charge < -0.3 is 10.8 Å². The third-order valence-electron chi connectivity index (χ3n) is 4.44. The normalized spacial score (nSPS) is 22.2. The predicted molar refractivity (Wildman–Crippen MR) is 77.6 cm³/mol. The molecule has 3 nitrogen and oxygen atoms in total. The SMILES string of the molecule is CCN(C1CCCCC1)C(CO)C(N)C(C)(C)C. The van der Waals surface area contributed by atoms with Gasteiger partial charge >= 0.3 is 0 Å². The zero-order valence-corrected chi connectivity index (χ0v) is 12.7. The molecule has 0 aliphatic heterocycles. The van der Waals surface area contributed by atoms with Crippen LogP contribution in [0.3, 0.4) is 0 Å². The molecule has 0 aromatic heterocycles. The summed E-state index contributed by atoms with van der Waals surface area (Å²) in [5.41, 5.74) is 6.42. The fourth-order valence-corrected chi connectivity index (χ4v) is 3.18. The first-order valence-electron chi connectivity index (χ1n) is 7.54. The largest absolute Gasteiger partial charge is 0.395 e. The second-order valence-corrected chi connectivity index (χ2v) is 6.76. The van der Waals surface area contributed by atoms with Crippen molar-refractivity contribution in [1.82, 2.24) is 4.90 Å². The molecule has 0 spiro atoms. The monoisotopic (exact) mass is 256 g/mol. The van der Waals surface area contributed by atoms with Crippen molar-refractivity contribution in [2.45, 2.75) is 77.9 Å². The van der Waals surface area contributed by atoms with Crippen LogP contribution in [0.4, 0.5) is 0 Å². The Morgan fingerprint density at radius 3 is 2.17 bits per heavy atom. The van der Waals surface area contributed by atoms with Gasteiger partial charge in [-0.1, -0.05) is 47.0 Å². The lowest BCUT2D eigenvalue weighted by atomic mass is 9.81. The zero-order valence-electron chi connectivity index (χ0n) is 12.7. The smallest absolute Gasteiger partial charge is 0.0602 e. The van der Waals surface area contributed by atoms with Crippen LogP contribution in [-0.4, -0.2) is 41.3 Å². The summed E-state index contributed by atoms with van der Waals surface area (Å²) in [7, 11) is 0. The van der Waals surface area contributed by atoms with E-state index >= 15 is 0 Å². The van der Waals surface area contributed by atoms with E-state index in [1.807, 2.05) is 0 Å². The van der Waals surface area contributed by atoms with Gasteiger partial charge in [0.05, 0.1) is 6.61 Å². The third-order valence-corrected chi connectivity index (χ3v) is 4.44. The van der Waals surface area contributed by atoms with Gasteiger partial charge in [-0.2, -0.15) is 0 Å². The number of nitrogens with two attached hydrogens (primary N) is 1. The number of nitrogens with zero attached hydrogens (tertiary/aromatic N) is 1. The molecule has 3 heteroatoms. The van der Waals surface area contributed by atoms with Gasteiger partial charge in [0.2, 0.25) is 0 Å². The summed E-state index contributed by atoms with van der Waals surface area (Å²) in [4.78, 5) is 2.45. The van der Waals surface area contributed by atoms with Crippen molar-refractivity contribution in [3.05, 3.63) is 0 Å². The van der Waals surface area contributed by atoms with Gasteiger partial charge in [0.15, 0.2) is 0 Å². The molecule has 0 heterocycles. The predicted octanol–water partition coefficient (Wildman–Crippen LogP) is 2.38. The van der Waals surface area contributed by atoms with Crippen molar-refractivity contribution in [1.29, 1.82) is 0 Å². The Hall–Kier alpha value is -0.120. The van der Waals surface area contributed by atoms with E-state index in [9.17, 15) is 5.11 Å². The zero-order chi connectivity index (χ0) is 13.8. The molecular weight excluding hydrogens is 224 g/mol. The number of hydrogen-bond donors (Lipinski definition) is 2. The van der Waals surface area contributed by atoms with Crippen molar-refractivity contribution in [2.24, 2.45) is 11.1 Å². The van der Waals surface area contributed by atoms with Crippen molar-refractivity contribution < 1.29 is 5.11 Å². The summed E-state index contributed by atoms with van der Waals surface area (Å²) < 4.78 is 0. The molecule has 0 radical (unpaired) electrons. The van der Waals surface area contributed by atoms with E-state index in [1.54, 1.807) is 0 Å². The Labute approximate surface area is 113 Å². The van der Waals surface area contributed by atoms with E-state index in [2.05, 4.69) is 32.6 Å². The summed E-state index contributed by atoms with van der Waals surface area (Å²) in [6, 6.07) is 0.733. The molecule has 1 aliphatic carbocycles. The first-order valence-corrected chi connectivity index (χ1v) is 7.54. The Balaban J connectivity index is 2.75. The van der Waals surface area contributed by atoms with E-state index in [0.717, 1.165) is 6.54 Å². The molecule has 0 bridgehead atoms. The molecule has 18 heavy (non-hydrogen) atoms. The summed E-state index contributed by atoms with van der Waals surface area (Å²) in [5.74, 6) is 0. The Bertz CT molecular complexity index is 231.